The van der Waals surface area contributed by atoms with Gasteiger partial charge in [0, 0.05) is 23.2 Å². The summed E-state index contributed by atoms with van der Waals surface area (Å²) in [4.78, 5) is 40.9. The largest absolute Gasteiger partial charge is 0.305 e. The molecule has 28 heavy (non-hydrogen) atoms. The predicted octanol–water partition coefficient (Wildman–Crippen LogP) is 2.89. The first kappa shape index (κ1) is 19.4. The molecule has 2 heterocycles. The highest BCUT2D eigenvalue weighted by atomic mass is 32.1. The summed E-state index contributed by atoms with van der Waals surface area (Å²) in [6.45, 7) is 1.56. The summed E-state index contributed by atoms with van der Waals surface area (Å²) in [5.41, 5.74) is 0.237. The molecule has 0 radical (unpaired) electrons. The van der Waals surface area contributed by atoms with E-state index < -0.39 is 28.8 Å². The van der Waals surface area contributed by atoms with Crippen LogP contribution in [0.3, 0.4) is 0 Å². The van der Waals surface area contributed by atoms with Crippen molar-refractivity contribution in [3.8, 4) is 0 Å². The van der Waals surface area contributed by atoms with Crippen molar-refractivity contribution in [3.05, 3.63) is 85.0 Å². The number of pyridine rings is 1. The van der Waals surface area contributed by atoms with Crippen LogP contribution in [0.5, 0.6) is 0 Å². The molecule has 0 fully saturated rings. The van der Waals surface area contributed by atoms with Crippen LogP contribution < -0.4 is 10.5 Å². The van der Waals surface area contributed by atoms with Gasteiger partial charge >= 0.3 is 0 Å². The van der Waals surface area contributed by atoms with Gasteiger partial charge in [0.1, 0.15) is 12.4 Å². The first-order chi connectivity index (χ1) is 13.3. The first-order valence-electron chi connectivity index (χ1n) is 8.15. The van der Waals surface area contributed by atoms with E-state index in [0.29, 0.717) is 11.4 Å². The minimum Gasteiger partial charge on any atom is -0.305 e. The average molecular weight is 402 g/mol. The number of hydrogen-bond donors (Lipinski definition) is 0. The summed E-state index contributed by atoms with van der Waals surface area (Å²) in [7, 11) is 0. The van der Waals surface area contributed by atoms with E-state index in [2.05, 4.69) is 4.98 Å². The number of amides is 1. The van der Waals surface area contributed by atoms with Crippen LogP contribution >= 0.6 is 11.3 Å². The lowest BCUT2D eigenvalue weighted by atomic mass is 10.2. The molecule has 0 saturated heterocycles. The van der Waals surface area contributed by atoms with E-state index in [1.807, 2.05) is 6.92 Å². The Morgan fingerprint density at radius 1 is 1.29 bits per heavy atom. The monoisotopic (exact) mass is 402 g/mol. The summed E-state index contributed by atoms with van der Waals surface area (Å²) < 4.78 is 14.3. The van der Waals surface area contributed by atoms with Gasteiger partial charge in [0.15, 0.2) is 0 Å². The molecule has 0 spiro atoms. The van der Waals surface area contributed by atoms with Crippen molar-refractivity contribution in [2.45, 2.75) is 20.0 Å². The molecule has 1 aromatic carbocycles. The molecule has 8 nitrogen and oxygen atoms in total. The van der Waals surface area contributed by atoms with Crippen LogP contribution in [-0.2, 0) is 17.9 Å². The Bertz CT molecular complexity index is 1080. The van der Waals surface area contributed by atoms with Gasteiger partial charge in [-0.25, -0.2) is 9.37 Å². The molecule has 1 amide bonds. The maximum absolute atomic E-state index is 13.3. The van der Waals surface area contributed by atoms with Crippen LogP contribution in [0, 0.1) is 22.9 Å². The number of carbonyl (C=O) groups is 1. The highest BCUT2D eigenvalue weighted by Crippen LogP contribution is 2.20. The number of benzene rings is 1. The number of nitro groups is 1. The van der Waals surface area contributed by atoms with Gasteiger partial charge < -0.3 is 4.90 Å². The maximum Gasteiger partial charge on any atom is 0.285 e. The molecule has 0 atom stereocenters. The molecular formula is C18H15FN4O4S. The van der Waals surface area contributed by atoms with Crippen LogP contribution in [0.2, 0.25) is 0 Å². The van der Waals surface area contributed by atoms with Crippen molar-refractivity contribution >= 4 is 28.6 Å². The van der Waals surface area contributed by atoms with E-state index in [1.54, 1.807) is 5.38 Å². The molecule has 144 valence electrons. The molecule has 2 aromatic heterocycles. The fourth-order valence-corrected chi connectivity index (χ4v) is 3.17. The molecule has 0 aliphatic heterocycles. The van der Waals surface area contributed by atoms with Gasteiger partial charge in [-0.15, -0.1) is 11.3 Å². The third kappa shape index (κ3) is 4.46. The molecule has 0 bridgehead atoms. The normalized spacial score (nSPS) is 10.6. The standard InChI is InChI=1S/C18H15FN4O4S/c1-12-20-14(11-28-12)8-22(15-4-2-13(19)3-5-15)18(25)10-21-9-16(23(26)27)6-7-17(21)24/h2-7,9,11H,8,10H2,1H3. The van der Waals surface area contributed by atoms with E-state index >= 15 is 0 Å². The molecule has 3 aromatic rings. The zero-order valence-electron chi connectivity index (χ0n) is 14.7. The van der Waals surface area contributed by atoms with Crippen LogP contribution in [0.15, 0.2) is 52.8 Å². The second kappa shape index (κ2) is 8.09. The van der Waals surface area contributed by atoms with Crippen molar-refractivity contribution in [2.24, 2.45) is 0 Å². The lowest BCUT2D eigenvalue weighted by Gasteiger charge is -2.22. The van der Waals surface area contributed by atoms with E-state index in [9.17, 15) is 24.1 Å². The number of hydrogen-bond acceptors (Lipinski definition) is 6. The third-order valence-corrected chi connectivity index (χ3v) is 4.73. The summed E-state index contributed by atoms with van der Waals surface area (Å²) in [5.74, 6) is -0.935. The molecule has 0 N–H and O–H groups in total. The Kier molecular flexibility index (Phi) is 5.59. The van der Waals surface area contributed by atoms with Gasteiger partial charge in [0.25, 0.3) is 11.2 Å². The van der Waals surface area contributed by atoms with Crippen LogP contribution in [0.1, 0.15) is 10.7 Å². The molecule has 10 heteroatoms. The zero-order chi connectivity index (χ0) is 20.3. The second-order valence-electron chi connectivity index (χ2n) is 5.92. The van der Waals surface area contributed by atoms with Crippen molar-refractivity contribution in [1.29, 1.82) is 0 Å². The number of aromatic nitrogens is 2. The van der Waals surface area contributed by atoms with Crippen LogP contribution in [-0.4, -0.2) is 20.4 Å². The van der Waals surface area contributed by atoms with Crippen molar-refractivity contribution in [3.63, 3.8) is 0 Å². The molecule has 0 aliphatic rings. The Morgan fingerprint density at radius 3 is 2.61 bits per heavy atom. The number of halogens is 1. The van der Waals surface area contributed by atoms with Crippen molar-refractivity contribution < 1.29 is 14.1 Å². The van der Waals surface area contributed by atoms with Crippen molar-refractivity contribution in [2.75, 3.05) is 4.90 Å². The van der Waals surface area contributed by atoms with Crippen molar-refractivity contribution in [1.82, 2.24) is 9.55 Å². The summed E-state index contributed by atoms with van der Waals surface area (Å²) in [6, 6.07) is 7.46. The molecule has 0 saturated carbocycles. The molecular weight excluding hydrogens is 387 g/mol. The average Bonchev–Trinajstić information content (AvgIpc) is 3.07. The lowest BCUT2D eigenvalue weighted by Crippen LogP contribution is -2.36. The number of aryl methyl sites for hydroxylation is 1. The van der Waals surface area contributed by atoms with E-state index in [4.69, 9.17) is 0 Å². The zero-order valence-corrected chi connectivity index (χ0v) is 15.6. The van der Waals surface area contributed by atoms with Gasteiger partial charge in [0.05, 0.1) is 28.4 Å². The number of nitrogens with zero attached hydrogens (tertiary/aromatic N) is 4. The Balaban J connectivity index is 1.92. The third-order valence-electron chi connectivity index (χ3n) is 3.91. The predicted molar refractivity (Wildman–Crippen MR) is 102 cm³/mol. The fraction of sp³-hybridized carbons (Fsp3) is 0.167. The fourth-order valence-electron chi connectivity index (χ4n) is 2.57. The molecule has 3 rings (SSSR count). The Hall–Kier alpha value is -3.40. The number of rotatable bonds is 6. The Labute approximate surface area is 162 Å². The van der Waals surface area contributed by atoms with Gasteiger partial charge in [0.2, 0.25) is 5.91 Å². The Morgan fingerprint density at radius 2 is 2.00 bits per heavy atom. The SMILES string of the molecule is Cc1nc(CN(C(=O)Cn2cc([N+](=O)[O-])ccc2=O)c2ccc(F)cc2)cs1. The van der Waals surface area contributed by atoms with E-state index in [-0.39, 0.29) is 12.2 Å². The molecule has 0 aliphatic carbocycles. The number of anilines is 1. The first-order valence-corrected chi connectivity index (χ1v) is 9.03. The minimum atomic E-state index is -0.643. The number of carbonyl (C=O) groups excluding carboxylic acids is 1. The van der Waals surface area contributed by atoms with Gasteiger partial charge in [-0.3, -0.25) is 24.3 Å². The van der Waals surface area contributed by atoms with Crippen LogP contribution in [0.25, 0.3) is 0 Å². The smallest absolute Gasteiger partial charge is 0.285 e. The highest BCUT2D eigenvalue weighted by molar-refractivity contribution is 7.09. The second-order valence-corrected chi connectivity index (χ2v) is 6.99. The summed E-state index contributed by atoms with van der Waals surface area (Å²) >= 11 is 1.43. The van der Waals surface area contributed by atoms with Gasteiger partial charge in [-0.05, 0) is 31.2 Å². The van der Waals surface area contributed by atoms with Gasteiger partial charge in [-0.1, -0.05) is 0 Å². The summed E-state index contributed by atoms with van der Waals surface area (Å²) in [6.07, 6.45) is 1.02. The maximum atomic E-state index is 13.3. The van der Waals surface area contributed by atoms with E-state index in [1.165, 1.54) is 40.5 Å². The molecule has 0 unspecified atom stereocenters. The van der Waals surface area contributed by atoms with Crippen LogP contribution in [0.4, 0.5) is 15.8 Å². The summed E-state index contributed by atoms with van der Waals surface area (Å²) in [5, 5.41) is 13.6. The quantitative estimate of drug-likeness (QED) is 0.466. The van der Waals surface area contributed by atoms with E-state index in [0.717, 1.165) is 27.9 Å². The highest BCUT2D eigenvalue weighted by Gasteiger charge is 2.20. The minimum absolute atomic E-state index is 0.123. The number of thiazole rings is 1. The lowest BCUT2D eigenvalue weighted by molar-refractivity contribution is -0.385. The topological polar surface area (TPSA) is 98.3 Å². The van der Waals surface area contributed by atoms with Gasteiger partial charge in [-0.2, -0.15) is 0 Å².